The van der Waals surface area contributed by atoms with E-state index in [0.717, 1.165) is 58.2 Å². The predicted molar refractivity (Wildman–Crippen MR) is 234 cm³/mol. The summed E-state index contributed by atoms with van der Waals surface area (Å²) in [4.78, 5) is 15.3. The summed E-state index contributed by atoms with van der Waals surface area (Å²) in [5.41, 5.74) is 6.53. The van der Waals surface area contributed by atoms with E-state index < -0.39 is 73.9 Å². The third kappa shape index (κ3) is 5.50. The lowest BCUT2D eigenvalue weighted by molar-refractivity contribution is 0.768. The zero-order chi connectivity index (χ0) is 46.6. The van der Waals surface area contributed by atoms with Crippen LogP contribution in [0, 0.1) is 0 Å². The van der Waals surface area contributed by atoms with Crippen LogP contribution in [0.2, 0.25) is 19.6 Å². The Morgan fingerprint density at radius 3 is 1.68 bits per heavy atom. The van der Waals surface area contributed by atoms with Gasteiger partial charge < -0.3 is 0 Å². The fourth-order valence-corrected chi connectivity index (χ4v) is 9.89. The molecule has 0 spiro atoms. The lowest BCUT2D eigenvalue weighted by Crippen LogP contribution is -2.37. The molecule has 2 aliphatic rings. The van der Waals surface area contributed by atoms with Crippen LogP contribution in [0.4, 0.5) is 0 Å². The molecule has 0 bridgehead atoms. The molecule has 0 aliphatic heterocycles. The van der Waals surface area contributed by atoms with Gasteiger partial charge in [0.1, 0.15) is 0 Å². The van der Waals surface area contributed by atoms with Gasteiger partial charge in [-0.1, -0.05) is 194 Å². The maximum absolute atomic E-state index is 9.40. The van der Waals surface area contributed by atoms with Gasteiger partial charge in [-0.25, -0.2) is 15.0 Å². The van der Waals surface area contributed by atoms with E-state index in [1.807, 2.05) is 54.6 Å². The van der Waals surface area contributed by atoms with Crippen molar-refractivity contribution < 1.29 is 13.7 Å². The van der Waals surface area contributed by atoms with Crippen LogP contribution in [0.3, 0.4) is 0 Å². The highest BCUT2D eigenvalue weighted by molar-refractivity contribution is 6.88. The minimum absolute atomic E-state index is 0.189. The highest BCUT2D eigenvalue weighted by Gasteiger charge is 2.47. The van der Waals surface area contributed by atoms with Crippen LogP contribution >= 0.6 is 0 Å². The zero-order valence-corrected chi connectivity index (χ0v) is 32.4. The molecule has 0 N–H and O–H groups in total. The van der Waals surface area contributed by atoms with Gasteiger partial charge in [0.2, 0.25) is 0 Å². The molecule has 56 heavy (non-hydrogen) atoms. The Labute approximate surface area is 344 Å². The van der Waals surface area contributed by atoms with Gasteiger partial charge in [-0.2, -0.15) is 0 Å². The Morgan fingerprint density at radius 1 is 0.482 bits per heavy atom. The van der Waals surface area contributed by atoms with Crippen LogP contribution in [-0.2, 0) is 18.3 Å². The number of rotatable bonds is 7. The maximum Gasteiger partial charge on any atom is 0.164 e. The van der Waals surface area contributed by atoms with Crippen LogP contribution < -0.4 is 5.19 Å². The van der Waals surface area contributed by atoms with E-state index in [9.17, 15) is 5.48 Å². The van der Waals surface area contributed by atoms with Gasteiger partial charge in [-0.3, -0.25) is 0 Å². The smallest absolute Gasteiger partial charge is 0.164 e. The minimum Gasteiger partial charge on any atom is -0.208 e. The van der Waals surface area contributed by atoms with Crippen molar-refractivity contribution in [2.75, 3.05) is 0 Å². The second kappa shape index (κ2) is 13.5. The first-order valence-corrected chi connectivity index (χ1v) is 22.5. The summed E-state index contributed by atoms with van der Waals surface area (Å²) < 4.78 is 90.0. The monoisotopic (exact) mass is 747 g/mol. The van der Waals surface area contributed by atoms with Crippen LogP contribution in [-0.4, -0.2) is 23.0 Å². The van der Waals surface area contributed by atoms with Gasteiger partial charge in [0.05, 0.1) is 27.2 Å². The first-order valence-electron chi connectivity index (χ1n) is 24.0. The summed E-state index contributed by atoms with van der Waals surface area (Å²) in [7, 11) is -1.55. The van der Waals surface area contributed by atoms with Crippen LogP contribution in [0.15, 0.2) is 170 Å². The van der Waals surface area contributed by atoms with Gasteiger partial charge in [0.25, 0.3) is 0 Å². The van der Waals surface area contributed by atoms with Crippen molar-refractivity contribution in [2.45, 2.75) is 44.3 Å². The Balaban J connectivity index is 1.24. The molecule has 0 radical (unpaired) electrons. The number of hydrogen-bond acceptors (Lipinski definition) is 3. The lowest BCUT2D eigenvalue weighted by Gasteiger charge is -2.34. The molecule has 0 saturated carbocycles. The van der Waals surface area contributed by atoms with Crippen molar-refractivity contribution in [1.82, 2.24) is 15.0 Å². The standard InChI is InChI=1S/C52H43N3Si/c1-56(2,3)39-31-29-36(30-32-39)50-53-49(35-17-7-4-8-18-35)54-51(55-50)44-34-33-42(40-24-15-25-41(40)44)43-26-16-28-47-48(43)45-23-13-14-27-46(45)52(47,37-19-9-5-10-20-37)38-21-11-6-12-22-38/h4-14,16-23,26-34H,15,24-25H2,1-3H3/i5D,6D,9D,10D,11D,12D,19D,20D,21D,22D. The first-order chi connectivity index (χ1) is 31.5. The summed E-state index contributed by atoms with van der Waals surface area (Å²) in [6.45, 7) is 6.96. The molecule has 0 atom stereocenters. The zero-order valence-electron chi connectivity index (χ0n) is 41.4. The Morgan fingerprint density at radius 2 is 1.02 bits per heavy atom. The fourth-order valence-electron chi connectivity index (χ4n) is 8.72. The van der Waals surface area contributed by atoms with Gasteiger partial charge in [-0.05, 0) is 74.9 Å². The molecule has 1 heterocycles. The Kier molecular flexibility index (Phi) is 6.04. The second-order valence-electron chi connectivity index (χ2n) is 15.5. The molecule has 10 rings (SSSR count). The van der Waals surface area contributed by atoms with E-state index in [-0.39, 0.29) is 11.1 Å². The summed E-state index contributed by atoms with van der Waals surface area (Å²) >= 11 is 0. The van der Waals surface area contributed by atoms with Gasteiger partial charge in [-0.15, -0.1) is 0 Å². The van der Waals surface area contributed by atoms with Crippen molar-refractivity contribution in [3.8, 4) is 56.4 Å². The molecule has 3 nitrogen and oxygen atoms in total. The number of hydrogen-bond donors (Lipinski definition) is 0. The second-order valence-corrected chi connectivity index (χ2v) is 20.6. The quantitative estimate of drug-likeness (QED) is 0.152. The molecule has 0 fully saturated rings. The number of aromatic nitrogens is 3. The molecule has 8 aromatic rings. The molecular weight excluding hydrogens is 695 g/mol. The third-order valence-electron chi connectivity index (χ3n) is 11.3. The third-order valence-corrected chi connectivity index (χ3v) is 13.4. The molecule has 0 amide bonds. The topological polar surface area (TPSA) is 38.7 Å². The summed E-state index contributed by atoms with van der Waals surface area (Å²) in [5, 5.41) is 1.34. The normalized spacial score (nSPS) is 16.4. The van der Waals surface area contributed by atoms with E-state index in [0.29, 0.717) is 39.7 Å². The van der Waals surface area contributed by atoms with Gasteiger partial charge in [0, 0.05) is 16.7 Å². The van der Waals surface area contributed by atoms with E-state index in [1.165, 1.54) is 5.19 Å². The number of fused-ring (bicyclic) bond motifs is 4. The maximum atomic E-state index is 9.40. The highest BCUT2D eigenvalue weighted by Crippen LogP contribution is 2.58. The molecule has 1 aromatic heterocycles. The average Bonchev–Trinajstić information content (AvgIpc) is 3.94. The van der Waals surface area contributed by atoms with Crippen LogP contribution in [0.1, 0.15) is 53.5 Å². The van der Waals surface area contributed by atoms with E-state index in [4.69, 9.17) is 23.2 Å². The first kappa shape index (κ1) is 25.0. The van der Waals surface area contributed by atoms with E-state index in [2.05, 4.69) is 56.0 Å². The molecule has 7 aromatic carbocycles. The molecule has 4 heteroatoms. The fraction of sp³-hybridized carbons (Fsp3) is 0.135. The van der Waals surface area contributed by atoms with Crippen molar-refractivity contribution in [3.05, 3.63) is 203 Å². The Hall–Kier alpha value is -6.23. The average molecular weight is 748 g/mol. The van der Waals surface area contributed by atoms with E-state index >= 15 is 0 Å². The molecule has 0 saturated heterocycles. The molecule has 0 unspecified atom stereocenters. The lowest BCUT2D eigenvalue weighted by atomic mass is 9.67. The van der Waals surface area contributed by atoms with Crippen molar-refractivity contribution in [2.24, 2.45) is 0 Å². The van der Waals surface area contributed by atoms with Crippen molar-refractivity contribution in [3.63, 3.8) is 0 Å². The molecular formula is C52H43N3Si. The largest absolute Gasteiger partial charge is 0.208 e. The van der Waals surface area contributed by atoms with Crippen LogP contribution in [0.5, 0.6) is 0 Å². The van der Waals surface area contributed by atoms with Gasteiger partial charge >= 0.3 is 0 Å². The van der Waals surface area contributed by atoms with E-state index in [1.54, 1.807) is 18.2 Å². The van der Waals surface area contributed by atoms with Crippen LogP contribution in [0.25, 0.3) is 56.4 Å². The minimum atomic E-state index is -1.92. The molecule has 2 aliphatic carbocycles. The predicted octanol–water partition coefficient (Wildman–Crippen LogP) is 11.9. The summed E-state index contributed by atoms with van der Waals surface area (Å²) in [5.74, 6) is 1.70. The summed E-state index contributed by atoms with van der Waals surface area (Å²) in [6.07, 6.45) is 2.40. The highest BCUT2D eigenvalue weighted by atomic mass is 28.3. The number of nitrogens with zero attached hydrogens (tertiary/aromatic N) is 3. The van der Waals surface area contributed by atoms with Crippen molar-refractivity contribution in [1.29, 1.82) is 0 Å². The number of benzene rings is 7. The summed E-state index contributed by atoms with van der Waals surface area (Å²) in [6, 6.07) is 29.8. The Bertz CT molecular complexity index is 3210. The SMILES string of the molecule is [2H]c1c([2H])c([2H])c(C2(c3c([2H])c([2H])c([2H])c([2H])c3[2H])c3ccccc3-c3c(-c4ccc(-c5nc(-c6ccccc6)nc(-c6ccc([Si](C)(C)C)cc6)n5)c5c4CCC5)cccc32)c([2H])c1[2H]. The van der Waals surface area contributed by atoms with Gasteiger partial charge in [0.15, 0.2) is 17.5 Å². The molecule has 270 valence electrons. The van der Waals surface area contributed by atoms with Crippen molar-refractivity contribution >= 4 is 13.3 Å².